The summed E-state index contributed by atoms with van der Waals surface area (Å²) in [7, 11) is 0. The lowest BCUT2D eigenvalue weighted by atomic mass is 10.00. The van der Waals surface area contributed by atoms with E-state index in [1.54, 1.807) is 0 Å². The molecule has 0 unspecified atom stereocenters. The van der Waals surface area contributed by atoms with E-state index in [2.05, 4.69) is 72.8 Å². The van der Waals surface area contributed by atoms with Gasteiger partial charge in [-0.3, -0.25) is 4.98 Å². The van der Waals surface area contributed by atoms with Crippen molar-refractivity contribution < 1.29 is 0 Å². The van der Waals surface area contributed by atoms with E-state index in [1.807, 2.05) is 6.20 Å². The topological polar surface area (TPSA) is 12.9 Å². The minimum Gasteiger partial charge on any atom is -0.256 e. The van der Waals surface area contributed by atoms with Crippen LogP contribution >= 0.6 is 0 Å². The molecule has 0 aromatic heterocycles. The Morgan fingerprint density at radius 3 is 2.56 bits per heavy atom. The van der Waals surface area contributed by atoms with Crippen LogP contribution in [0.15, 0.2) is 79.0 Å². The molecule has 1 aliphatic heterocycles. The zero-order valence-electron chi connectivity index (χ0n) is 13.7. The minimum absolute atomic E-state index is 1.02. The SMILES string of the molecule is c1ccc2c(c1)Cc1c-2ccc2c3c4ccccc4ccnc-3cc12. The molecule has 0 bridgehead atoms. The van der Waals surface area contributed by atoms with Crippen LogP contribution in [0.3, 0.4) is 0 Å². The van der Waals surface area contributed by atoms with Gasteiger partial charge < -0.3 is 0 Å². The van der Waals surface area contributed by atoms with Crippen LogP contribution in [-0.2, 0) is 6.42 Å². The molecule has 0 spiro atoms. The highest BCUT2D eigenvalue weighted by Gasteiger charge is 2.23. The number of nitrogens with zero attached hydrogens (tertiary/aromatic N) is 1. The van der Waals surface area contributed by atoms with Crippen LogP contribution in [0.25, 0.3) is 43.9 Å². The fourth-order valence-electron chi connectivity index (χ4n) is 4.42. The first-order valence-electron chi connectivity index (χ1n) is 8.70. The summed E-state index contributed by atoms with van der Waals surface area (Å²) in [4.78, 5) is 4.73. The molecule has 1 heterocycles. The van der Waals surface area contributed by atoms with Gasteiger partial charge in [-0.2, -0.15) is 0 Å². The number of hydrogen-bond acceptors (Lipinski definition) is 1. The van der Waals surface area contributed by atoms with E-state index < -0.39 is 0 Å². The summed E-state index contributed by atoms with van der Waals surface area (Å²) < 4.78 is 0. The number of hydrogen-bond donors (Lipinski definition) is 0. The predicted molar refractivity (Wildman–Crippen MR) is 104 cm³/mol. The number of fused-ring (bicyclic) bond motifs is 9. The molecule has 116 valence electrons. The molecule has 0 radical (unpaired) electrons. The predicted octanol–water partition coefficient (Wildman–Crippen LogP) is 6.06. The van der Waals surface area contributed by atoms with E-state index >= 15 is 0 Å². The van der Waals surface area contributed by atoms with Crippen molar-refractivity contribution in [3.05, 3.63) is 90.1 Å². The molecule has 1 heteroatoms. The molecule has 2 aliphatic carbocycles. The van der Waals surface area contributed by atoms with Crippen LogP contribution in [0, 0.1) is 0 Å². The van der Waals surface area contributed by atoms with Crippen LogP contribution in [0.5, 0.6) is 0 Å². The van der Waals surface area contributed by atoms with Gasteiger partial charge in [-0.25, -0.2) is 0 Å². The number of aromatic nitrogens is 1. The molecule has 0 fully saturated rings. The molecule has 0 saturated carbocycles. The largest absolute Gasteiger partial charge is 0.256 e. The lowest BCUT2D eigenvalue weighted by Crippen LogP contribution is -1.81. The van der Waals surface area contributed by atoms with Crippen LogP contribution in [0.2, 0.25) is 0 Å². The van der Waals surface area contributed by atoms with Crippen LogP contribution in [0.1, 0.15) is 11.1 Å². The molecule has 0 amide bonds. The van der Waals surface area contributed by atoms with Crippen molar-refractivity contribution in [1.82, 2.24) is 4.98 Å². The summed E-state index contributed by atoms with van der Waals surface area (Å²) in [6.07, 6.45) is 2.95. The summed E-state index contributed by atoms with van der Waals surface area (Å²) in [5, 5.41) is 5.19. The van der Waals surface area contributed by atoms with Gasteiger partial charge in [-0.1, -0.05) is 60.7 Å². The summed E-state index contributed by atoms with van der Waals surface area (Å²) in [6, 6.07) is 26.3. The van der Waals surface area contributed by atoms with Crippen molar-refractivity contribution in [3.63, 3.8) is 0 Å². The first kappa shape index (κ1) is 13.1. The highest BCUT2D eigenvalue weighted by molar-refractivity contribution is 6.14. The Labute approximate surface area is 145 Å². The second-order valence-corrected chi connectivity index (χ2v) is 6.82. The lowest BCUT2D eigenvalue weighted by Gasteiger charge is -2.04. The maximum Gasteiger partial charge on any atom is 0.0720 e. The van der Waals surface area contributed by atoms with Crippen molar-refractivity contribution in [1.29, 1.82) is 0 Å². The molecule has 3 aromatic rings. The maximum absolute atomic E-state index is 4.73. The van der Waals surface area contributed by atoms with E-state index in [4.69, 9.17) is 4.98 Å². The Balaban J connectivity index is 1.78. The van der Waals surface area contributed by atoms with Gasteiger partial charge in [0.15, 0.2) is 0 Å². The smallest absolute Gasteiger partial charge is 0.0720 e. The molecule has 0 N–H and O–H groups in total. The lowest BCUT2D eigenvalue weighted by molar-refractivity contribution is 1.29. The average molecular weight is 317 g/mol. The van der Waals surface area contributed by atoms with Crippen LogP contribution in [-0.4, -0.2) is 4.98 Å². The quantitative estimate of drug-likeness (QED) is 0.331. The van der Waals surface area contributed by atoms with E-state index in [0.717, 1.165) is 12.1 Å². The third kappa shape index (κ3) is 1.70. The Kier molecular flexibility index (Phi) is 2.46. The zero-order chi connectivity index (χ0) is 16.4. The van der Waals surface area contributed by atoms with E-state index in [9.17, 15) is 0 Å². The number of benzene rings is 3. The standard InChI is InChI=1S/C24H15N/c1-4-8-18-15(5-1)11-12-25-23-14-22-20(24(18)23)10-9-19-17-7-3-2-6-16(17)13-21(19)22/h1-12,14H,13H2. The normalized spacial score (nSPS) is 12.6. The fraction of sp³-hybridized carbons (Fsp3) is 0.0417. The summed E-state index contributed by atoms with van der Waals surface area (Å²) in [5.41, 5.74) is 8.00. The molecule has 0 saturated heterocycles. The van der Waals surface area contributed by atoms with Gasteiger partial charge in [0.2, 0.25) is 0 Å². The maximum atomic E-state index is 4.73. The van der Waals surface area contributed by atoms with Crippen LogP contribution < -0.4 is 0 Å². The molecule has 6 rings (SSSR count). The third-order valence-corrected chi connectivity index (χ3v) is 5.54. The highest BCUT2D eigenvalue weighted by atomic mass is 14.7. The summed E-state index contributed by atoms with van der Waals surface area (Å²) in [6.45, 7) is 0. The summed E-state index contributed by atoms with van der Waals surface area (Å²) >= 11 is 0. The van der Waals surface area contributed by atoms with Crippen molar-refractivity contribution in [2.24, 2.45) is 0 Å². The Hall–Kier alpha value is -3.19. The Morgan fingerprint density at radius 2 is 1.56 bits per heavy atom. The van der Waals surface area contributed by atoms with E-state index in [-0.39, 0.29) is 0 Å². The average Bonchev–Trinajstić information content (AvgIpc) is 3.15. The van der Waals surface area contributed by atoms with E-state index in [1.165, 1.54) is 49.4 Å². The first-order valence-corrected chi connectivity index (χ1v) is 8.70. The molecule has 3 aliphatic rings. The van der Waals surface area contributed by atoms with Gasteiger partial charge in [0.05, 0.1) is 5.69 Å². The van der Waals surface area contributed by atoms with Crippen molar-refractivity contribution >= 4 is 21.5 Å². The third-order valence-electron chi connectivity index (χ3n) is 5.54. The minimum atomic E-state index is 1.02. The number of rotatable bonds is 0. The monoisotopic (exact) mass is 317 g/mol. The van der Waals surface area contributed by atoms with Crippen molar-refractivity contribution in [2.75, 3.05) is 0 Å². The Bertz CT molecular complexity index is 1270. The van der Waals surface area contributed by atoms with Gasteiger partial charge in [0.1, 0.15) is 0 Å². The molecular weight excluding hydrogens is 302 g/mol. The molecular formula is C24H15N. The van der Waals surface area contributed by atoms with Gasteiger partial charge in [-0.15, -0.1) is 0 Å². The van der Waals surface area contributed by atoms with Gasteiger partial charge in [-0.05, 0) is 62.4 Å². The van der Waals surface area contributed by atoms with Gasteiger partial charge in [0, 0.05) is 11.8 Å². The molecule has 1 nitrogen and oxygen atoms in total. The fourth-order valence-corrected chi connectivity index (χ4v) is 4.42. The van der Waals surface area contributed by atoms with E-state index in [0.29, 0.717) is 0 Å². The Morgan fingerprint density at radius 1 is 0.680 bits per heavy atom. The molecule has 0 atom stereocenters. The molecule has 25 heavy (non-hydrogen) atoms. The van der Waals surface area contributed by atoms with Crippen molar-refractivity contribution in [2.45, 2.75) is 6.42 Å². The highest BCUT2D eigenvalue weighted by Crippen LogP contribution is 2.45. The second kappa shape index (κ2) is 4.67. The summed E-state index contributed by atoms with van der Waals surface area (Å²) in [5.74, 6) is 0. The van der Waals surface area contributed by atoms with Crippen molar-refractivity contribution in [3.8, 4) is 22.4 Å². The molecule has 3 aromatic carbocycles. The van der Waals surface area contributed by atoms with Gasteiger partial charge >= 0.3 is 0 Å². The van der Waals surface area contributed by atoms with Gasteiger partial charge in [0.25, 0.3) is 0 Å². The zero-order valence-corrected chi connectivity index (χ0v) is 13.7. The second-order valence-electron chi connectivity index (χ2n) is 6.82. The van der Waals surface area contributed by atoms with Crippen LogP contribution in [0.4, 0.5) is 0 Å². The first-order chi connectivity index (χ1) is 12.4.